The molecule has 0 saturated carbocycles. The van der Waals surface area contributed by atoms with E-state index in [-0.39, 0.29) is 5.91 Å². The molecule has 0 saturated heterocycles. The molecule has 6 nitrogen and oxygen atoms in total. The number of aryl methyl sites for hydroxylation is 1. The van der Waals surface area contributed by atoms with Crippen LogP contribution in [0, 0.1) is 6.92 Å². The lowest BCUT2D eigenvalue weighted by Gasteiger charge is -2.05. The van der Waals surface area contributed by atoms with E-state index in [0.717, 1.165) is 11.1 Å². The van der Waals surface area contributed by atoms with Gasteiger partial charge in [0.1, 0.15) is 11.5 Å². The van der Waals surface area contributed by atoms with E-state index in [4.69, 9.17) is 9.47 Å². The first-order chi connectivity index (χ1) is 14.0. The number of methoxy groups -OCH3 is 1. The minimum Gasteiger partial charge on any atom is -0.497 e. The summed E-state index contributed by atoms with van der Waals surface area (Å²) in [6.07, 6.45) is 1.50. The Bertz CT molecular complexity index is 1030. The van der Waals surface area contributed by atoms with Crippen LogP contribution in [0.15, 0.2) is 77.9 Å². The van der Waals surface area contributed by atoms with E-state index < -0.39 is 5.97 Å². The van der Waals surface area contributed by atoms with Crippen LogP contribution in [0.4, 0.5) is 0 Å². The Balaban J connectivity index is 1.56. The third-order valence-electron chi connectivity index (χ3n) is 4.09. The first-order valence-electron chi connectivity index (χ1n) is 8.91. The summed E-state index contributed by atoms with van der Waals surface area (Å²) >= 11 is 0. The Hall–Kier alpha value is -3.93. The predicted octanol–water partition coefficient (Wildman–Crippen LogP) is 3.99. The Kier molecular flexibility index (Phi) is 6.37. The number of hydrogen-bond acceptors (Lipinski definition) is 5. The van der Waals surface area contributed by atoms with E-state index in [0.29, 0.717) is 22.6 Å². The van der Waals surface area contributed by atoms with Gasteiger partial charge < -0.3 is 9.47 Å². The van der Waals surface area contributed by atoms with Crippen LogP contribution < -0.4 is 14.9 Å². The summed E-state index contributed by atoms with van der Waals surface area (Å²) in [6, 6.07) is 20.7. The van der Waals surface area contributed by atoms with Gasteiger partial charge in [-0.25, -0.2) is 10.2 Å². The van der Waals surface area contributed by atoms with Gasteiger partial charge in [-0.3, -0.25) is 4.79 Å². The quantitative estimate of drug-likeness (QED) is 0.300. The largest absolute Gasteiger partial charge is 0.497 e. The summed E-state index contributed by atoms with van der Waals surface area (Å²) in [5, 5.41) is 3.95. The van der Waals surface area contributed by atoms with Gasteiger partial charge >= 0.3 is 5.97 Å². The smallest absolute Gasteiger partial charge is 0.343 e. The summed E-state index contributed by atoms with van der Waals surface area (Å²) < 4.78 is 10.4. The highest BCUT2D eigenvalue weighted by Crippen LogP contribution is 2.14. The first-order valence-corrected chi connectivity index (χ1v) is 8.91. The van der Waals surface area contributed by atoms with Gasteiger partial charge in [0.25, 0.3) is 5.91 Å². The van der Waals surface area contributed by atoms with Crippen molar-refractivity contribution in [2.75, 3.05) is 7.11 Å². The van der Waals surface area contributed by atoms with Gasteiger partial charge in [0.2, 0.25) is 0 Å². The van der Waals surface area contributed by atoms with Crippen LogP contribution in [0.5, 0.6) is 11.5 Å². The van der Waals surface area contributed by atoms with Crippen molar-refractivity contribution in [1.82, 2.24) is 5.43 Å². The lowest BCUT2D eigenvalue weighted by Crippen LogP contribution is -2.17. The standard InChI is InChI=1S/C23H20N2O4/c1-16-6-10-18(11-7-16)23(27)29-20-12-8-17(9-13-20)15-24-25-22(26)19-4-3-5-21(14-19)28-2/h3-15H,1-2H3,(H,25,26). The third-order valence-corrected chi connectivity index (χ3v) is 4.09. The van der Waals surface area contributed by atoms with Crippen LogP contribution in [-0.2, 0) is 0 Å². The molecule has 0 spiro atoms. The number of nitrogens with zero attached hydrogens (tertiary/aromatic N) is 1. The Labute approximate surface area is 168 Å². The lowest BCUT2D eigenvalue weighted by atomic mass is 10.1. The normalized spacial score (nSPS) is 10.6. The maximum absolute atomic E-state index is 12.1. The number of amides is 1. The summed E-state index contributed by atoms with van der Waals surface area (Å²) in [4.78, 5) is 24.2. The number of esters is 1. The Morgan fingerprint density at radius 1 is 0.897 bits per heavy atom. The summed E-state index contributed by atoms with van der Waals surface area (Å²) in [5.41, 5.74) is 5.21. The van der Waals surface area contributed by atoms with Crippen molar-refractivity contribution in [1.29, 1.82) is 0 Å². The van der Waals surface area contributed by atoms with Crippen LogP contribution >= 0.6 is 0 Å². The number of carbonyl (C=O) groups excluding carboxylic acids is 2. The number of hydrazone groups is 1. The number of hydrogen-bond donors (Lipinski definition) is 1. The van der Waals surface area contributed by atoms with E-state index in [1.807, 2.05) is 19.1 Å². The molecule has 0 aromatic heterocycles. The Morgan fingerprint density at radius 3 is 2.31 bits per heavy atom. The van der Waals surface area contributed by atoms with Crippen LogP contribution in [0.25, 0.3) is 0 Å². The molecule has 0 unspecified atom stereocenters. The topological polar surface area (TPSA) is 77.0 Å². The molecule has 0 aliphatic carbocycles. The molecule has 0 aliphatic rings. The molecule has 146 valence electrons. The molecule has 0 radical (unpaired) electrons. The third kappa shape index (κ3) is 5.52. The Morgan fingerprint density at radius 2 is 1.62 bits per heavy atom. The summed E-state index contributed by atoms with van der Waals surface area (Å²) in [5.74, 6) is 0.256. The second-order valence-corrected chi connectivity index (χ2v) is 6.26. The van der Waals surface area contributed by atoms with Gasteiger partial charge in [0.15, 0.2) is 0 Å². The fourth-order valence-electron chi connectivity index (χ4n) is 2.47. The fraction of sp³-hybridized carbons (Fsp3) is 0.0870. The SMILES string of the molecule is COc1cccc(C(=O)NN=Cc2ccc(OC(=O)c3ccc(C)cc3)cc2)c1. The minimum atomic E-state index is -0.419. The second-order valence-electron chi connectivity index (χ2n) is 6.26. The molecule has 29 heavy (non-hydrogen) atoms. The molecule has 0 atom stereocenters. The average Bonchev–Trinajstić information content (AvgIpc) is 2.75. The molecule has 0 heterocycles. The lowest BCUT2D eigenvalue weighted by molar-refractivity contribution is 0.0734. The highest BCUT2D eigenvalue weighted by Gasteiger charge is 2.08. The number of ether oxygens (including phenoxy) is 2. The molecule has 6 heteroatoms. The van der Waals surface area contributed by atoms with Crippen LogP contribution in [-0.4, -0.2) is 25.2 Å². The minimum absolute atomic E-state index is 0.344. The van der Waals surface area contributed by atoms with Gasteiger partial charge in [0.05, 0.1) is 18.9 Å². The zero-order valence-electron chi connectivity index (χ0n) is 16.1. The van der Waals surface area contributed by atoms with Crippen molar-refractivity contribution < 1.29 is 19.1 Å². The molecule has 0 aliphatic heterocycles. The van der Waals surface area contributed by atoms with Gasteiger partial charge in [-0.2, -0.15) is 5.10 Å². The maximum Gasteiger partial charge on any atom is 0.343 e. The molecule has 3 aromatic rings. The van der Waals surface area contributed by atoms with Crippen LogP contribution in [0.2, 0.25) is 0 Å². The van der Waals surface area contributed by atoms with Crippen molar-refractivity contribution in [2.45, 2.75) is 6.92 Å². The van der Waals surface area contributed by atoms with Crippen molar-refractivity contribution in [3.05, 3.63) is 95.1 Å². The van der Waals surface area contributed by atoms with Crippen molar-refractivity contribution >= 4 is 18.1 Å². The zero-order chi connectivity index (χ0) is 20.6. The summed E-state index contributed by atoms with van der Waals surface area (Å²) in [6.45, 7) is 1.95. The van der Waals surface area contributed by atoms with Gasteiger partial charge in [-0.15, -0.1) is 0 Å². The molecular weight excluding hydrogens is 368 g/mol. The highest BCUT2D eigenvalue weighted by molar-refractivity contribution is 5.95. The second kappa shape index (κ2) is 9.32. The molecule has 3 aromatic carbocycles. The van der Waals surface area contributed by atoms with Crippen molar-refractivity contribution in [2.24, 2.45) is 5.10 Å². The molecule has 1 amide bonds. The monoisotopic (exact) mass is 388 g/mol. The van der Waals surface area contributed by atoms with Crippen molar-refractivity contribution in [3.8, 4) is 11.5 Å². The highest BCUT2D eigenvalue weighted by atomic mass is 16.5. The fourth-order valence-corrected chi connectivity index (χ4v) is 2.47. The number of carbonyl (C=O) groups is 2. The van der Waals surface area contributed by atoms with Gasteiger partial charge in [-0.05, 0) is 67.1 Å². The van der Waals surface area contributed by atoms with Crippen molar-refractivity contribution in [3.63, 3.8) is 0 Å². The molecule has 0 fully saturated rings. The molecular formula is C23H20N2O4. The van der Waals surface area contributed by atoms with Gasteiger partial charge in [-0.1, -0.05) is 23.8 Å². The number of nitrogens with one attached hydrogen (secondary N) is 1. The summed E-state index contributed by atoms with van der Waals surface area (Å²) in [7, 11) is 1.54. The van der Waals surface area contributed by atoms with E-state index in [2.05, 4.69) is 10.5 Å². The molecule has 1 N–H and O–H groups in total. The number of benzene rings is 3. The first kappa shape index (κ1) is 19.8. The van der Waals surface area contributed by atoms with E-state index in [1.165, 1.54) is 13.3 Å². The van der Waals surface area contributed by atoms with Crippen LogP contribution in [0.3, 0.4) is 0 Å². The number of rotatable bonds is 6. The zero-order valence-corrected chi connectivity index (χ0v) is 16.1. The predicted molar refractivity (Wildman–Crippen MR) is 111 cm³/mol. The van der Waals surface area contributed by atoms with Gasteiger partial charge in [0, 0.05) is 5.56 Å². The van der Waals surface area contributed by atoms with Crippen LogP contribution in [0.1, 0.15) is 31.8 Å². The molecule has 0 bridgehead atoms. The molecule has 3 rings (SSSR count). The average molecular weight is 388 g/mol. The maximum atomic E-state index is 12.1. The van der Waals surface area contributed by atoms with E-state index in [1.54, 1.807) is 60.7 Å². The van der Waals surface area contributed by atoms with E-state index >= 15 is 0 Å². The van der Waals surface area contributed by atoms with E-state index in [9.17, 15) is 9.59 Å².